The second kappa shape index (κ2) is 6.36. The molecule has 0 saturated heterocycles. The van der Waals surface area contributed by atoms with Crippen molar-refractivity contribution in [2.45, 2.75) is 38.0 Å². The summed E-state index contributed by atoms with van der Waals surface area (Å²) in [6.45, 7) is 4.47. The van der Waals surface area contributed by atoms with Gasteiger partial charge < -0.3 is 4.74 Å². The Hall–Kier alpha value is 0.160. The van der Waals surface area contributed by atoms with Gasteiger partial charge in [0.15, 0.2) is 0 Å². The van der Waals surface area contributed by atoms with E-state index < -0.39 is 15.3 Å². The smallest absolute Gasteiger partial charge is 0.218 e. The normalized spacial score (nSPS) is 20.5. The third kappa shape index (κ3) is 3.81. The summed E-state index contributed by atoms with van der Waals surface area (Å²) in [7, 11) is -1.73. The first-order valence-corrected chi connectivity index (χ1v) is 8.04. The summed E-state index contributed by atoms with van der Waals surface area (Å²) >= 11 is 5.68. The van der Waals surface area contributed by atoms with Gasteiger partial charge in [0, 0.05) is 25.6 Å². The first kappa shape index (κ1) is 15.2. The second-order valence-electron chi connectivity index (χ2n) is 4.69. The van der Waals surface area contributed by atoms with Gasteiger partial charge >= 0.3 is 0 Å². The highest BCUT2D eigenvalue weighted by molar-refractivity contribution is 7.89. The highest BCUT2D eigenvalue weighted by atomic mass is 35.5. The number of hydrogen-bond acceptors (Lipinski definition) is 3. The highest BCUT2D eigenvalue weighted by Gasteiger charge is 2.39. The molecule has 2 unspecified atom stereocenters. The molecule has 0 amide bonds. The molecule has 0 bridgehead atoms. The first-order chi connectivity index (χ1) is 7.95. The lowest BCUT2D eigenvalue weighted by Crippen LogP contribution is -2.46. The first-order valence-electron chi connectivity index (χ1n) is 6.00. The Morgan fingerprint density at radius 2 is 2.00 bits per heavy atom. The van der Waals surface area contributed by atoms with E-state index in [9.17, 15) is 8.42 Å². The predicted molar refractivity (Wildman–Crippen MR) is 69.9 cm³/mol. The monoisotopic (exact) mass is 283 g/mol. The lowest BCUT2D eigenvalue weighted by molar-refractivity contribution is 0.164. The van der Waals surface area contributed by atoms with Crippen LogP contribution in [0.2, 0.25) is 0 Å². The van der Waals surface area contributed by atoms with Crippen molar-refractivity contribution >= 4 is 21.6 Å². The number of ether oxygens (including phenoxy) is 1. The van der Waals surface area contributed by atoms with Gasteiger partial charge in [-0.05, 0) is 32.6 Å². The molecule has 17 heavy (non-hydrogen) atoms. The average Bonchev–Trinajstić information content (AvgIpc) is 3.11. The van der Waals surface area contributed by atoms with E-state index in [-0.39, 0.29) is 11.9 Å². The molecule has 0 radical (unpaired) electrons. The molecule has 102 valence electrons. The minimum atomic E-state index is -3.31. The van der Waals surface area contributed by atoms with Crippen molar-refractivity contribution in [1.82, 2.24) is 4.31 Å². The SMILES string of the molecule is COCCN(C(C)C1CC1)S(=O)(=O)C(C)CCl. The zero-order chi connectivity index (χ0) is 13.1. The molecule has 0 aromatic carbocycles. The summed E-state index contributed by atoms with van der Waals surface area (Å²) in [5.41, 5.74) is 0. The van der Waals surface area contributed by atoms with Gasteiger partial charge in [0.1, 0.15) is 0 Å². The van der Waals surface area contributed by atoms with Crippen LogP contribution in [-0.2, 0) is 14.8 Å². The summed E-state index contributed by atoms with van der Waals surface area (Å²) in [5, 5.41) is -0.540. The number of rotatable bonds is 8. The molecular weight excluding hydrogens is 262 g/mol. The Morgan fingerprint density at radius 1 is 1.41 bits per heavy atom. The fraction of sp³-hybridized carbons (Fsp3) is 1.00. The van der Waals surface area contributed by atoms with Gasteiger partial charge in [-0.1, -0.05) is 0 Å². The molecule has 0 aliphatic heterocycles. The molecule has 1 aliphatic rings. The quantitative estimate of drug-likeness (QED) is 0.637. The minimum Gasteiger partial charge on any atom is -0.383 e. The third-order valence-corrected chi connectivity index (χ3v) is 6.33. The number of sulfonamides is 1. The van der Waals surface area contributed by atoms with Crippen molar-refractivity contribution < 1.29 is 13.2 Å². The van der Waals surface area contributed by atoms with Crippen LogP contribution >= 0.6 is 11.6 Å². The molecular formula is C11H22ClNO3S. The van der Waals surface area contributed by atoms with E-state index in [1.807, 2.05) is 6.92 Å². The molecule has 1 fully saturated rings. The van der Waals surface area contributed by atoms with E-state index in [0.29, 0.717) is 19.1 Å². The fourth-order valence-corrected chi connectivity index (χ4v) is 3.93. The van der Waals surface area contributed by atoms with Crippen molar-refractivity contribution in [3.8, 4) is 0 Å². The van der Waals surface area contributed by atoms with Crippen LogP contribution in [0.3, 0.4) is 0 Å². The van der Waals surface area contributed by atoms with Crippen molar-refractivity contribution in [2.75, 3.05) is 26.1 Å². The molecule has 0 aromatic rings. The fourth-order valence-electron chi connectivity index (χ4n) is 1.87. The van der Waals surface area contributed by atoms with E-state index in [1.54, 1.807) is 18.3 Å². The van der Waals surface area contributed by atoms with Crippen LogP contribution in [0.1, 0.15) is 26.7 Å². The molecule has 1 rings (SSSR count). The van der Waals surface area contributed by atoms with E-state index >= 15 is 0 Å². The Labute approximate surface area is 109 Å². The third-order valence-electron chi connectivity index (χ3n) is 3.33. The molecule has 2 atom stereocenters. The molecule has 4 nitrogen and oxygen atoms in total. The number of alkyl halides is 1. The van der Waals surface area contributed by atoms with Gasteiger partial charge in [-0.15, -0.1) is 11.6 Å². The van der Waals surface area contributed by atoms with E-state index in [1.165, 1.54) is 0 Å². The standard InChI is InChI=1S/C11H22ClNO3S/c1-9(8-12)17(14,15)13(6-7-16-3)10(2)11-4-5-11/h9-11H,4-8H2,1-3H3. The minimum absolute atomic E-state index is 0.0563. The Morgan fingerprint density at radius 3 is 2.41 bits per heavy atom. The summed E-state index contributed by atoms with van der Waals surface area (Å²) in [4.78, 5) is 0. The van der Waals surface area contributed by atoms with Gasteiger partial charge in [-0.2, -0.15) is 4.31 Å². The molecule has 1 aliphatic carbocycles. The van der Waals surface area contributed by atoms with E-state index in [0.717, 1.165) is 12.8 Å². The van der Waals surface area contributed by atoms with Crippen molar-refractivity contribution in [3.63, 3.8) is 0 Å². The molecule has 0 aromatic heterocycles. The summed E-state index contributed by atoms with van der Waals surface area (Å²) < 4.78 is 31.2. The summed E-state index contributed by atoms with van der Waals surface area (Å²) in [6, 6.07) is 0.0563. The summed E-state index contributed by atoms with van der Waals surface area (Å²) in [5.74, 6) is 0.632. The van der Waals surface area contributed by atoms with Gasteiger partial charge in [-0.25, -0.2) is 8.42 Å². The van der Waals surface area contributed by atoms with Crippen molar-refractivity contribution in [1.29, 1.82) is 0 Å². The van der Waals surface area contributed by atoms with Gasteiger partial charge in [0.2, 0.25) is 10.0 Å². The lowest BCUT2D eigenvalue weighted by atomic mass is 10.2. The topological polar surface area (TPSA) is 46.6 Å². The van der Waals surface area contributed by atoms with Crippen LogP contribution in [0, 0.1) is 5.92 Å². The molecule has 0 heterocycles. The lowest BCUT2D eigenvalue weighted by Gasteiger charge is -2.30. The van der Waals surface area contributed by atoms with Gasteiger partial charge in [-0.3, -0.25) is 0 Å². The van der Waals surface area contributed by atoms with Crippen LogP contribution in [0.15, 0.2) is 0 Å². The summed E-state index contributed by atoms with van der Waals surface area (Å²) in [6.07, 6.45) is 2.24. The largest absolute Gasteiger partial charge is 0.383 e. The number of nitrogens with zero attached hydrogens (tertiary/aromatic N) is 1. The molecule has 0 N–H and O–H groups in total. The maximum Gasteiger partial charge on any atom is 0.218 e. The molecule has 0 spiro atoms. The second-order valence-corrected chi connectivity index (χ2v) is 7.30. The maximum absolute atomic E-state index is 12.3. The highest BCUT2D eigenvalue weighted by Crippen LogP contribution is 2.36. The maximum atomic E-state index is 12.3. The van der Waals surface area contributed by atoms with E-state index in [2.05, 4.69) is 0 Å². The number of halogens is 1. The van der Waals surface area contributed by atoms with E-state index in [4.69, 9.17) is 16.3 Å². The van der Waals surface area contributed by atoms with Gasteiger partial charge in [0.25, 0.3) is 0 Å². The van der Waals surface area contributed by atoms with Crippen molar-refractivity contribution in [3.05, 3.63) is 0 Å². The Balaban J connectivity index is 2.80. The Bertz CT molecular complexity index is 330. The van der Waals surface area contributed by atoms with Crippen LogP contribution < -0.4 is 0 Å². The number of hydrogen-bond donors (Lipinski definition) is 0. The van der Waals surface area contributed by atoms with Crippen LogP contribution in [-0.4, -0.2) is 50.2 Å². The predicted octanol–water partition coefficient (Wildman–Crippen LogP) is 1.69. The molecule has 6 heteroatoms. The van der Waals surface area contributed by atoms with Crippen LogP contribution in [0.25, 0.3) is 0 Å². The average molecular weight is 284 g/mol. The van der Waals surface area contributed by atoms with Crippen LogP contribution in [0.4, 0.5) is 0 Å². The zero-order valence-corrected chi connectivity index (χ0v) is 12.3. The number of methoxy groups -OCH3 is 1. The van der Waals surface area contributed by atoms with Crippen molar-refractivity contribution in [2.24, 2.45) is 5.92 Å². The van der Waals surface area contributed by atoms with Crippen LogP contribution in [0.5, 0.6) is 0 Å². The zero-order valence-electron chi connectivity index (χ0n) is 10.7. The van der Waals surface area contributed by atoms with Gasteiger partial charge in [0.05, 0.1) is 11.9 Å². The molecule has 1 saturated carbocycles. The Kier molecular flexibility index (Phi) is 5.70.